The molecule has 6 heterocycles. The van der Waals surface area contributed by atoms with Crippen LogP contribution in [0, 0.1) is 22.7 Å². The smallest absolute Gasteiger partial charge is 0.267 e. The van der Waals surface area contributed by atoms with Gasteiger partial charge in [0, 0.05) is 43.2 Å². The molecule has 38 heavy (non-hydrogen) atoms. The molecular formula is C26H25ClF2N8O. The fourth-order valence-corrected chi connectivity index (χ4v) is 6.16. The maximum Gasteiger partial charge on any atom is 0.267 e. The lowest BCUT2D eigenvalue weighted by Crippen LogP contribution is -2.73. The summed E-state index contributed by atoms with van der Waals surface area (Å²) in [7, 11) is 0. The van der Waals surface area contributed by atoms with Crippen molar-refractivity contribution in [2.24, 2.45) is 11.3 Å². The lowest BCUT2D eigenvalue weighted by Gasteiger charge is -2.60. The number of hydrogen-bond acceptors (Lipinski definition) is 8. The van der Waals surface area contributed by atoms with Gasteiger partial charge < -0.3 is 14.5 Å². The molecule has 2 aromatic heterocycles. The largest absolute Gasteiger partial charge is 0.380 e. The van der Waals surface area contributed by atoms with Crippen molar-refractivity contribution in [2.45, 2.75) is 19.0 Å². The highest BCUT2D eigenvalue weighted by Gasteiger charge is 2.53. The fourth-order valence-electron chi connectivity index (χ4n) is 5.97. The minimum atomic E-state index is -2.85. The number of alkyl halides is 2. The lowest BCUT2D eigenvalue weighted by molar-refractivity contribution is -0.179. The number of benzene rings is 1. The number of ether oxygens (including phenoxy) is 1. The third-order valence-electron chi connectivity index (χ3n) is 7.99. The molecule has 9 nitrogen and oxygen atoms in total. The molecule has 3 fully saturated rings. The predicted octanol–water partition coefficient (Wildman–Crippen LogP) is 3.11. The van der Waals surface area contributed by atoms with Crippen molar-refractivity contribution in [1.29, 1.82) is 5.26 Å². The molecular weight excluding hydrogens is 514 g/mol. The Morgan fingerprint density at radius 2 is 1.87 bits per heavy atom. The molecule has 0 aliphatic carbocycles. The molecule has 4 aliphatic rings. The molecule has 0 saturated carbocycles. The number of anilines is 2. The topological polar surface area (TPSA) is 86.3 Å². The van der Waals surface area contributed by atoms with Crippen LogP contribution >= 0.6 is 11.6 Å². The summed E-state index contributed by atoms with van der Waals surface area (Å²) < 4.78 is 36.9. The van der Waals surface area contributed by atoms with Gasteiger partial charge in [0.05, 0.1) is 37.9 Å². The highest BCUT2D eigenvalue weighted by atomic mass is 35.5. The SMILES string of the molecule is N#Cc1cccc(N2CC3(C2)CN(c2nnc4n2-c2ccc(Cl)cc2CN(CC(F)(F)C2COC2)C4)C3)n1. The summed E-state index contributed by atoms with van der Waals surface area (Å²) in [5.41, 5.74) is 2.28. The van der Waals surface area contributed by atoms with Gasteiger partial charge in [0.1, 0.15) is 17.6 Å². The average molecular weight is 539 g/mol. The van der Waals surface area contributed by atoms with Gasteiger partial charge in [-0.1, -0.05) is 17.7 Å². The number of halogens is 3. The molecule has 0 amide bonds. The standard InChI is InChI=1S/C26H25ClF2N8O/c27-19-4-5-21-17(6-19)8-34(16-26(28,29)18-10-38-11-18)9-23-32-33-24(37(21)23)36-14-25(15-36)12-35(13-25)22-3-1-2-20(7-30)31-22/h1-6,18H,8-16H2. The Hall–Kier alpha value is -3.33. The van der Waals surface area contributed by atoms with Crippen LogP contribution in [0.5, 0.6) is 0 Å². The number of nitrogens with zero attached hydrogens (tertiary/aromatic N) is 8. The van der Waals surface area contributed by atoms with Gasteiger partial charge >= 0.3 is 0 Å². The third kappa shape index (κ3) is 3.90. The van der Waals surface area contributed by atoms with E-state index in [1.165, 1.54) is 0 Å². The second-order valence-corrected chi connectivity index (χ2v) is 11.3. The summed E-state index contributed by atoms with van der Waals surface area (Å²) in [5.74, 6) is -1.43. The minimum absolute atomic E-state index is 0.0948. The van der Waals surface area contributed by atoms with Gasteiger partial charge in [-0.05, 0) is 35.9 Å². The Balaban J connectivity index is 1.11. The Labute approximate surface area is 223 Å². The Morgan fingerprint density at radius 3 is 2.61 bits per heavy atom. The Bertz CT molecular complexity index is 1440. The molecule has 3 saturated heterocycles. The summed E-state index contributed by atoms with van der Waals surface area (Å²) in [6, 6.07) is 13.2. The van der Waals surface area contributed by atoms with Crippen LogP contribution in [0.25, 0.3) is 5.69 Å². The zero-order valence-electron chi connectivity index (χ0n) is 20.5. The zero-order valence-corrected chi connectivity index (χ0v) is 21.3. The van der Waals surface area contributed by atoms with E-state index in [1.54, 1.807) is 11.0 Å². The lowest BCUT2D eigenvalue weighted by atomic mass is 9.73. The van der Waals surface area contributed by atoms with Gasteiger partial charge in [0.2, 0.25) is 5.95 Å². The van der Waals surface area contributed by atoms with Gasteiger partial charge in [0.25, 0.3) is 5.92 Å². The molecule has 0 bridgehead atoms. The summed E-state index contributed by atoms with van der Waals surface area (Å²) >= 11 is 6.32. The molecule has 7 rings (SSSR count). The monoisotopic (exact) mass is 538 g/mol. The van der Waals surface area contributed by atoms with E-state index in [0.29, 0.717) is 23.1 Å². The molecule has 1 spiro atoms. The van der Waals surface area contributed by atoms with Crippen LogP contribution in [0.4, 0.5) is 20.5 Å². The summed E-state index contributed by atoms with van der Waals surface area (Å²) in [6.45, 7) is 3.75. The molecule has 0 radical (unpaired) electrons. The molecule has 0 unspecified atom stereocenters. The van der Waals surface area contributed by atoms with Gasteiger partial charge in [0.15, 0.2) is 5.82 Å². The van der Waals surface area contributed by atoms with Gasteiger partial charge in [-0.2, -0.15) is 5.26 Å². The first-order chi connectivity index (χ1) is 18.3. The van der Waals surface area contributed by atoms with Crippen LogP contribution in [0.3, 0.4) is 0 Å². The van der Waals surface area contributed by atoms with Crippen molar-refractivity contribution in [1.82, 2.24) is 24.6 Å². The molecule has 0 N–H and O–H groups in total. The normalized spacial score (nSPS) is 20.6. The van der Waals surface area contributed by atoms with Crippen molar-refractivity contribution < 1.29 is 13.5 Å². The molecule has 196 valence electrons. The number of nitriles is 1. The average Bonchev–Trinajstić information content (AvgIpc) is 3.11. The first kappa shape index (κ1) is 23.8. The molecule has 1 aromatic carbocycles. The molecule has 12 heteroatoms. The van der Waals surface area contributed by atoms with Crippen LogP contribution in [0.1, 0.15) is 17.1 Å². The van der Waals surface area contributed by atoms with Crippen molar-refractivity contribution in [2.75, 3.05) is 55.7 Å². The highest BCUT2D eigenvalue weighted by molar-refractivity contribution is 6.30. The number of fused-ring (bicyclic) bond motifs is 3. The Morgan fingerprint density at radius 1 is 1.08 bits per heavy atom. The first-order valence-corrected chi connectivity index (χ1v) is 13.0. The zero-order chi connectivity index (χ0) is 26.1. The van der Waals surface area contributed by atoms with E-state index in [1.807, 2.05) is 34.9 Å². The maximum absolute atomic E-state index is 14.9. The van der Waals surface area contributed by atoms with E-state index < -0.39 is 11.8 Å². The number of hydrogen-bond donors (Lipinski definition) is 0. The maximum atomic E-state index is 14.9. The van der Waals surface area contributed by atoms with E-state index in [9.17, 15) is 8.78 Å². The predicted molar refractivity (Wildman–Crippen MR) is 136 cm³/mol. The van der Waals surface area contributed by atoms with Gasteiger partial charge in [-0.25, -0.2) is 13.8 Å². The van der Waals surface area contributed by atoms with Crippen LogP contribution in [-0.4, -0.2) is 76.5 Å². The molecule has 4 aliphatic heterocycles. The molecule has 3 aromatic rings. The molecule has 0 atom stereocenters. The number of rotatable bonds is 5. The number of aromatic nitrogens is 4. The van der Waals surface area contributed by atoms with Crippen molar-refractivity contribution in [3.8, 4) is 11.8 Å². The summed E-state index contributed by atoms with van der Waals surface area (Å²) in [4.78, 5) is 10.5. The Kier molecular flexibility index (Phi) is 5.37. The van der Waals surface area contributed by atoms with Gasteiger partial charge in [-0.3, -0.25) is 9.47 Å². The van der Waals surface area contributed by atoms with Crippen molar-refractivity contribution in [3.63, 3.8) is 0 Å². The van der Waals surface area contributed by atoms with Crippen LogP contribution in [0.15, 0.2) is 36.4 Å². The third-order valence-corrected chi connectivity index (χ3v) is 8.22. The van der Waals surface area contributed by atoms with Gasteiger partial charge in [-0.15, -0.1) is 10.2 Å². The first-order valence-electron chi connectivity index (χ1n) is 12.6. The van der Waals surface area contributed by atoms with E-state index in [-0.39, 0.29) is 31.7 Å². The van der Waals surface area contributed by atoms with E-state index in [4.69, 9.17) is 21.6 Å². The second kappa shape index (κ2) is 8.59. The van der Waals surface area contributed by atoms with E-state index in [0.717, 1.165) is 49.2 Å². The second-order valence-electron chi connectivity index (χ2n) is 10.9. The minimum Gasteiger partial charge on any atom is -0.380 e. The van der Waals surface area contributed by atoms with Crippen LogP contribution in [0.2, 0.25) is 5.02 Å². The van der Waals surface area contributed by atoms with E-state index >= 15 is 0 Å². The summed E-state index contributed by atoms with van der Waals surface area (Å²) in [6.07, 6.45) is 0. The van der Waals surface area contributed by atoms with Crippen molar-refractivity contribution >= 4 is 23.4 Å². The number of pyridine rings is 1. The van der Waals surface area contributed by atoms with Crippen LogP contribution in [-0.2, 0) is 17.8 Å². The van der Waals surface area contributed by atoms with Crippen molar-refractivity contribution in [3.05, 3.63) is 58.5 Å². The fraction of sp³-hybridized carbons (Fsp3) is 0.462. The highest BCUT2D eigenvalue weighted by Crippen LogP contribution is 2.44. The quantitative estimate of drug-likeness (QED) is 0.490. The van der Waals surface area contributed by atoms with Crippen LogP contribution < -0.4 is 9.80 Å². The summed E-state index contributed by atoms with van der Waals surface area (Å²) in [5, 5.41) is 18.7. The van der Waals surface area contributed by atoms with E-state index in [2.05, 4.69) is 31.1 Å².